The zero-order chi connectivity index (χ0) is 27.1. The third-order valence-corrected chi connectivity index (χ3v) is 5.82. The zero-order valence-corrected chi connectivity index (χ0v) is 21.0. The first-order valence-corrected chi connectivity index (χ1v) is 11.9. The van der Waals surface area contributed by atoms with E-state index in [1.165, 1.54) is 18.4 Å². The lowest BCUT2D eigenvalue weighted by atomic mass is 9.74. The fraction of sp³-hybridized carbons (Fsp3) is 0.357. The number of hydrogen-bond donors (Lipinski definition) is 1. The van der Waals surface area contributed by atoms with Gasteiger partial charge in [0.15, 0.2) is 0 Å². The molecule has 0 bridgehead atoms. The maximum atomic E-state index is 12.7. The third kappa shape index (κ3) is 8.70. The number of halogens is 3. The summed E-state index contributed by atoms with van der Waals surface area (Å²) in [6.45, 7) is 7.01. The fourth-order valence-electron chi connectivity index (χ4n) is 3.93. The number of ether oxygens (including phenoxy) is 2. The van der Waals surface area contributed by atoms with Crippen LogP contribution in [0.15, 0.2) is 59.2 Å². The Hall–Kier alpha value is -3.75. The number of benzene rings is 2. The molecule has 1 heterocycles. The minimum Gasteiger partial charge on any atom is -0.487 e. The molecule has 1 amide bonds. The van der Waals surface area contributed by atoms with Crippen molar-refractivity contribution in [1.82, 2.24) is 4.98 Å². The average molecular weight is 517 g/mol. The van der Waals surface area contributed by atoms with E-state index in [0.717, 1.165) is 24.1 Å². The van der Waals surface area contributed by atoms with Gasteiger partial charge >= 0.3 is 12.3 Å². The first-order chi connectivity index (χ1) is 17.4. The highest BCUT2D eigenvalue weighted by Crippen LogP contribution is 2.39. The van der Waals surface area contributed by atoms with Crippen molar-refractivity contribution in [3.8, 4) is 5.75 Å². The SMILES string of the molecule is CC(C)(C)C(CCCOC(N)=O)c1ccc(OCc2coc(C=Cc3ccc(C(F)(F)F)cc3)n2)cc1. The van der Waals surface area contributed by atoms with Gasteiger partial charge in [-0.2, -0.15) is 13.2 Å². The number of alkyl halides is 3. The standard InChI is InChI=1S/C28H31F3N2O4/c1-27(2,3)24(5-4-16-35-26(32)34)20-9-13-23(14-10-20)36-17-22-18-37-25(33-22)15-8-19-6-11-21(12-7-19)28(29,30)31/h6-15,18,24H,4-5,16-17H2,1-3H3,(H2,32,34). The lowest BCUT2D eigenvalue weighted by Crippen LogP contribution is -2.20. The van der Waals surface area contributed by atoms with Gasteiger partial charge in [0.25, 0.3) is 0 Å². The van der Waals surface area contributed by atoms with Gasteiger partial charge in [0.2, 0.25) is 5.89 Å². The zero-order valence-electron chi connectivity index (χ0n) is 21.0. The van der Waals surface area contributed by atoms with Crippen molar-refractivity contribution in [3.63, 3.8) is 0 Å². The molecule has 3 aromatic rings. The lowest BCUT2D eigenvalue weighted by Gasteiger charge is -2.31. The number of carbonyl (C=O) groups excluding carboxylic acids is 1. The molecule has 0 fully saturated rings. The summed E-state index contributed by atoms with van der Waals surface area (Å²) < 4.78 is 54.1. The van der Waals surface area contributed by atoms with Crippen LogP contribution in [0.4, 0.5) is 18.0 Å². The van der Waals surface area contributed by atoms with Crippen molar-refractivity contribution < 1.29 is 31.9 Å². The number of rotatable bonds is 10. The molecule has 0 saturated carbocycles. The molecule has 0 radical (unpaired) electrons. The van der Waals surface area contributed by atoms with E-state index < -0.39 is 17.8 Å². The molecule has 2 aromatic carbocycles. The van der Waals surface area contributed by atoms with E-state index in [-0.39, 0.29) is 17.9 Å². The van der Waals surface area contributed by atoms with Crippen molar-refractivity contribution in [1.29, 1.82) is 0 Å². The molecule has 0 aliphatic rings. The Morgan fingerprint density at radius 1 is 1.05 bits per heavy atom. The molecule has 1 unspecified atom stereocenters. The van der Waals surface area contributed by atoms with Crippen LogP contribution in [0.2, 0.25) is 0 Å². The second-order valence-electron chi connectivity index (χ2n) is 9.72. The summed E-state index contributed by atoms with van der Waals surface area (Å²) in [6.07, 6.45) is 1.12. The van der Waals surface area contributed by atoms with Gasteiger partial charge in [-0.1, -0.05) is 45.0 Å². The largest absolute Gasteiger partial charge is 0.487 e. The minimum absolute atomic E-state index is 0.0140. The van der Waals surface area contributed by atoms with Gasteiger partial charge in [0.05, 0.1) is 12.2 Å². The molecule has 2 N–H and O–H groups in total. The smallest absolute Gasteiger partial charge is 0.416 e. The molecule has 0 spiro atoms. The molecule has 6 nitrogen and oxygen atoms in total. The quantitative estimate of drug-likeness (QED) is 0.283. The van der Waals surface area contributed by atoms with E-state index in [9.17, 15) is 18.0 Å². The van der Waals surface area contributed by atoms with Crippen LogP contribution in [0.1, 0.15) is 67.8 Å². The minimum atomic E-state index is -4.36. The number of carbonyl (C=O) groups is 1. The Kier molecular flexibility index (Phi) is 9.02. The van der Waals surface area contributed by atoms with Crippen molar-refractivity contribution in [2.45, 2.75) is 52.3 Å². The summed E-state index contributed by atoms with van der Waals surface area (Å²) in [7, 11) is 0. The normalized spacial score (nSPS) is 13.0. The second kappa shape index (κ2) is 12.0. The summed E-state index contributed by atoms with van der Waals surface area (Å²) in [5.74, 6) is 1.26. The molecule has 0 aliphatic heterocycles. The van der Waals surface area contributed by atoms with Crippen LogP contribution in [-0.2, 0) is 17.5 Å². The molecule has 9 heteroatoms. The van der Waals surface area contributed by atoms with Crippen LogP contribution >= 0.6 is 0 Å². The molecule has 198 valence electrons. The summed E-state index contributed by atoms with van der Waals surface area (Å²) in [5, 5.41) is 0. The molecular formula is C28H31F3N2O4. The van der Waals surface area contributed by atoms with Gasteiger partial charge in [-0.3, -0.25) is 0 Å². The van der Waals surface area contributed by atoms with E-state index in [1.54, 1.807) is 12.2 Å². The van der Waals surface area contributed by atoms with Gasteiger partial charge < -0.3 is 19.6 Å². The van der Waals surface area contributed by atoms with Crippen LogP contribution in [0, 0.1) is 5.41 Å². The van der Waals surface area contributed by atoms with Gasteiger partial charge in [-0.25, -0.2) is 9.78 Å². The Bertz CT molecular complexity index is 1180. The van der Waals surface area contributed by atoms with Gasteiger partial charge in [-0.05, 0) is 65.6 Å². The maximum Gasteiger partial charge on any atom is 0.416 e. The number of amides is 1. The topological polar surface area (TPSA) is 87.6 Å². The Balaban J connectivity index is 1.54. The van der Waals surface area contributed by atoms with Gasteiger partial charge in [0.1, 0.15) is 24.3 Å². The summed E-state index contributed by atoms with van der Waals surface area (Å²) in [5.41, 5.74) is 6.69. The van der Waals surface area contributed by atoms with Gasteiger partial charge in [-0.15, -0.1) is 0 Å². The Morgan fingerprint density at radius 3 is 2.32 bits per heavy atom. The third-order valence-electron chi connectivity index (χ3n) is 5.82. The number of primary amides is 1. The average Bonchev–Trinajstić information content (AvgIpc) is 3.28. The highest BCUT2D eigenvalue weighted by atomic mass is 19.4. The number of hydrogen-bond acceptors (Lipinski definition) is 5. The van der Waals surface area contributed by atoms with E-state index in [0.29, 0.717) is 35.9 Å². The number of nitrogens with zero attached hydrogens (tertiary/aromatic N) is 1. The van der Waals surface area contributed by atoms with Crippen molar-refractivity contribution >= 4 is 18.2 Å². The predicted octanol–water partition coefficient (Wildman–Crippen LogP) is 7.45. The Morgan fingerprint density at radius 2 is 1.73 bits per heavy atom. The fourth-order valence-corrected chi connectivity index (χ4v) is 3.93. The number of nitrogens with two attached hydrogens (primary N) is 1. The molecule has 0 saturated heterocycles. The Labute approximate surface area is 214 Å². The molecule has 0 aliphatic carbocycles. The van der Waals surface area contributed by atoms with Crippen molar-refractivity contribution in [2.24, 2.45) is 11.1 Å². The first-order valence-electron chi connectivity index (χ1n) is 11.9. The first kappa shape index (κ1) is 27.8. The molecule has 1 aromatic heterocycles. The van der Waals surface area contributed by atoms with Gasteiger partial charge in [0, 0.05) is 6.08 Å². The maximum absolute atomic E-state index is 12.7. The van der Waals surface area contributed by atoms with Crippen LogP contribution in [0.3, 0.4) is 0 Å². The van der Waals surface area contributed by atoms with E-state index in [1.807, 2.05) is 24.3 Å². The van der Waals surface area contributed by atoms with Crippen molar-refractivity contribution in [3.05, 3.63) is 83.1 Å². The lowest BCUT2D eigenvalue weighted by molar-refractivity contribution is -0.137. The summed E-state index contributed by atoms with van der Waals surface area (Å²) >= 11 is 0. The van der Waals surface area contributed by atoms with Crippen LogP contribution in [0.25, 0.3) is 12.2 Å². The molecular weight excluding hydrogens is 485 g/mol. The number of aromatic nitrogens is 1. The van der Waals surface area contributed by atoms with E-state index in [2.05, 4.69) is 25.8 Å². The second-order valence-corrected chi connectivity index (χ2v) is 9.72. The molecule has 37 heavy (non-hydrogen) atoms. The van der Waals surface area contributed by atoms with Crippen LogP contribution in [0.5, 0.6) is 5.75 Å². The van der Waals surface area contributed by atoms with Crippen molar-refractivity contribution in [2.75, 3.05) is 6.61 Å². The highest BCUT2D eigenvalue weighted by Gasteiger charge is 2.30. The summed E-state index contributed by atoms with van der Waals surface area (Å²) in [6, 6.07) is 12.7. The molecule has 3 rings (SSSR count). The van der Waals surface area contributed by atoms with Crippen LogP contribution in [-0.4, -0.2) is 17.7 Å². The van der Waals surface area contributed by atoms with Crippen LogP contribution < -0.4 is 10.5 Å². The van der Waals surface area contributed by atoms with E-state index >= 15 is 0 Å². The predicted molar refractivity (Wildman–Crippen MR) is 135 cm³/mol. The molecule has 1 atom stereocenters. The van der Waals surface area contributed by atoms with E-state index in [4.69, 9.17) is 19.6 Å². The number of oxazole rings is 1. The highest BCUT2D eigenvalue weighted by molar-refractivity contribution is 5.66. The monoisotopic (exact) mass is 516 g/mol. The summed E-state index contributed by atoms with van der Waals surface area (Å²) in [4.78, 5) is 15.1.